The van der Waals surface area contributed by atoms with Crippen LogP contribution in [0.5, 0.6) is 0 Å². The molecule has 0 amide bonds. The van der Waals surface area contributed by atoms with Gasteiger partial charge >= 0.3 is 17.9 Å². The van der Waals surface area contributed by atoms with Crippen LogP contribution in [-0.4, -0.2) is 37.2 Å². The average Bonchev–Trinajstić information content (AvgIpc) is 3.47. The molecule has 1 atom stereocenters. The number of hydrogen-bond donors (Lipinski definition) is 0. The van der Waals surface area contributed by atoms with Gasteiger partial charge in [-0.3, -0.25) is 14.4 Å². The van der Waals surface area contributed by atoms with Crippen LogP contribution in [0.2, 0.25) is 0 Å². The highest BCUT2D eigenvalue weighted by molar-refractivity contribution is 5.71. The van der Waals surface area contributed by atoms with E-state index < -0.39 is 6.10 Å². The predicted molar refractivity (Wildman–Crippen MR) is 353 cm³/mol. The van der Waals surface area contributed by atoms with E-state index in [1.54, 1.807) is 0 Å². The van der Waals surface area contributed by atoms with Crippen molar-refractivity contribution in [3.63, 3.8) is 0 Å². The number of hydrogen-bond acceptors (Lipinski definition) is 6. The second-order valence-electron chi connectivity index (χ2n) is 22.7. The minimum absolute atomic E-state index is 0.0873. The number of carbonyl (C=O) groups is 3. The molecule has 464 valence electrons. The van der Waals surface area contributed by atoms with Gasteiger partial charge in [0.05, 0.1) is 0 Å². The summed E-state index contributed by atoms with van der Waals surface area (Å²) >= 11 is 0. The Morgan fingerprint density at radius 3 is 0.765 bits per heavy atom. The SMILES string of the molecule is CC/C=C\C/C=C\C/C=C\C/C=C\C/C=C\CCCCCCCCCCCCCC(=O)OCC(COC(=O)CCCCCCC/C=C\CCCCCCCC)OC(=O)CCCCCCCC/C=C\C/C=C\C/C=C\CCCCCCC. The van der Waals surface area contributed by atoms with Crippen LogP contribution in [0.4, 0.5) is 0 Å². The van der Waals surface area contributed by atoms with Crippen molar-refractivity contribution in [3.8, 4) is 0 Å². The summed E-state index contributed by atoms with van der Waals surface area (Å²) in [5.74, 6) is -0.900. The second-order valence-corrected chi connectivity index (χ2v) is 22.7. The fourth-order valence-electron chi connectivity index (χ4n) is 9.59. The lowest BCUT2D eigenvalue weighted by Crippen LogP contribution is -2.30. The van der Waals surface area contributed by atoms with Gasteiger partial charge in [-0.05, 0) is 128 Å². The quantitative estimate of drug-likeness (QED) is 0.0261. The number of carbonyl (C=O) groups excluding carboxylic acids is 3. The van der Waals surface area contributed by atoms with E-state index in [4.69, 9.17) is 14.2 Å². The lowest BCUT2D eigenvalue weighted by Gasteiger charge is -2.18. The summed E-state index contributed by atoms with van der Waals surface area (Å²) in [6, 6.07) is 0. The third-order valence-corrected chi connectivity index (χ3v) is 14.7. The Bertz CT molecular complexity index is 1620. The molecule has 0 fully saturated rings. The van der Waals surface area contributed by atoms with Crippen LogP contribution in [0, 0.1) is 0 Å². The van der Waals surface area contributed by atoms with Gasteiger partial charge < -0.3 is 14.2 Å². The Morgan fingerprint density at radius 2 is 0.481 bits per heavy atom. The Balaban J connectivity index is 4.37. The summed E-state index contributed by atoms with van der Waals surface area (Å²) in [7, 11) is 0. The molecule has 0 bridgehead atoms. The van der Waals surface area contributed by atoms with Crippen molar-refractivity contribution >= 4 is 17.9 Å². The van der Waals surface area contributed by atoms with Gasteiger partial charge in [-0.25, -0.2) is 0 Å². The Hall–Kier alpha value is -3.93. The molecule has 0 N–H and O–H groups in total. The molecule has 0 aliphatic carbocycles. The van der Waals surface area contributed by atoms with Gasteiger partial charge in [0.1, 0.15) is 13.2 Å². The van der Waals surface area contributed by atoms with Crippen LogP contribution >= 0.6 is 0 Å². The standard InChI is InChI=1S/C75H128O6/c1-4-7-10-13-16-19-22-25-28-30-32-34-35-36-37-38-39-41-42-44-47-50-53-56-59-62-65-68-74(77)80-71-72(70-79-73(76)67-64-61-58-55-52-49-46-27-24-21-18-15-12-9-6-3)81-75(78)69-66-63-60-57-54-51-48-45-43-40-33-31-29-26-23-20-17-14-11-8-5-2/h7,10,16,19,23,25-28,31-34,36-37,43,45-46,72H,4-6,8-9,11-15,17-18,20-22,24,29-30,35,38-42,44,47-71H2,1-3H3/b10-7-,19-16-,26-23-,28-25-,33-31-,34-32-,37-36-,45-43-,46-27-. The van der Waals surface area contributed by atoms with Crippen molar-refractivity contribution in [2.45, 2.75) is 335 Å². The van der Waals surface area contributed by atoms with Gasteiger partial charge in [0, 0.05) is 19.3 Å². The number of ether oxygens (including phenoxy) is 3. The lowest BCUT2D eigenvalue weighted by molar-refractivity contribution is -0.167. The van der Waals surface area contributed by atoms with Crippen molar-refractivity contribution in [2.75, 3.05) is 13.2 Å². The zero-order chi connectivity index (χ0) is 58.5. The minimum Gasteiger partial charge on any atom is -0.462 e. The van der Waals surface area contributed by atoms with Gasteiger partial charge in [0.2, 0.25) is 0 Å². The highest BCUT2D eigenvalue weighted by Crippen LogP contribution is 2.16. The molecule has 1 unspecified atom stereocenters. The first-order valence-electron chi connectivity index (χ1n) is 34.4. The summed E-state index contributed by atoms with van der Waals surface area (Å²) in [5.41, 5.74) is 0. The van der Waals surface area contributed by atoms with Crippen molar-refractivity contribution in [3.05, 3.63) is 109 Å². The molecule has 0 rings (SSSR count). The monoisotopic (exact) mass is 1120 g/mol. The number of rotatable bonds is 62. The zero-order valence-corrected chi connectivity index (χ0v) is 53.3. The summed E-state index contributed by atoms with van der Waals surface area (Å²) in [6.45, 7) is 6.52. The van der Waals surface area contributed by atoms with E-state index in [0.717, 1.165) is 122 Å². The molecule has 0 aliphatic rings. The first-order chi connectivity index (χ1) is 40.0. The van der Waals surface area contributed by atoms with E-state index in [0.29, 0.717) is 19.3 Å². The Labute approximate surface area is 501 Å². The van der Waals surface area contributed by atoms with Gasteiger partial charge in [0.15, 0.2) is 6.10 Å². The van der Waals surface area contributed by atoms with Crippen molar-refractivity contribution in [2.24, 2.45) is 0 Å². The molecule has 81 heavy (non-hydrogen) atoms. The molecule has 0 spiro atoms. The molecule has 0 radical (unpaired) electrons. The first kappa shape index (κ1) is 77.1. The maximum atomic E-state index is 12.9. The maximum absolute atomic E-state index is 12.9. The average molecular weight is 1130 g/mol. The van der Waals surface area contributed by atoms with E-state index in [1.807, 2.05) is 0 Å². The molecule has 6 nitrogen and oxygen atoms in total. The molecule has 0 aromatic heterocycles. The highest BCUT2D eigenvalue weighted by atomic mass is 16.6. The van der Waals surface area contributed by atoms with Crippen LogP contribution in [0.1, 0.15) is 329 Å². The molecule has 0 saturated carbocycles. The smallest absolute Gasteiger partial charge is 0.306 e. The number of unbranched alkanes of at least 4 members (excludes halogenated alkanes) is 33. The molecule has 0 saturated heterocycles. The maximum Gasteiger partial charge on any atom is 0.306 e. The molecule has 6 heteroatoms. The zero-order valence-electron chi connectivity index (χ0n) is 53.3. The molecule has 0 aliphatic heterocycles. The fourth-order valence-corrected chi connectivity index (χ4v) is 9.59. The largest absolute Gasteiger partial charge is 0.462 e. The van der Waals surface area contributed by atoms with E-state index in [-0.39, 0.29) is 31.1 Å². The Kier molecular flexibility index (Phi) is 65.2. The van der Waals surface area contributed by atoms with E-state index in [1.165, 1.54) is 167 Å². The summed E-state index contributed by atoms with van der Waals surface area (Å²) < 4.78 is 17.0. The Morgan fingerprint density at radius 1 is 0.259 bits per heavy atom. The lowest BCUT2D eigenvalue weighted by atomic mass is 10.0. The van der Waals surface area contributed by atoms with Crippen molar-refractivity contribution < 1.29 is 28.6 Å². The second kappa shape index (κ2) is 68.6. The van der Waals surface area contributed by atoms with E-state index >= 15 is 0 Å². The molecule has 0 aromatic carbocycles. The van der Waals surface area contributed by atoms with E-state index in [2.05, 4.69) is 130 Å². The van der Waals surface area contributed by atoms with Crippen molar-refractivity contribution in [1.29, 1.82) is 0 Å². The fraction of sp³-hybridized carbons (Fsp3) is 0.720. The normalized spacial score (nSPS) is 12.8. The summed E-state index contributed by atoms with van der Waals surface area (Å²) in [5, 5.41) is 0. The van der Waals surface area contributed by atoms with Gasteiger partial charge in [0.25, 0.3) is 0 Å². The van der Waals surface area contributed by atoms with Crippen LogP contribution < -0.4 is 0 Å². The molecule has 0 heterocycles. The van der Waals surface area contributed by atoms with Crippen molar-refractivity contribution in [1.82, 2.24) is 0 Å². The molecule has 0 aromatic rings. The van der Waals surface area contributed by atoms with Gasteiger partial charge in [-0.2, -0.15) is 0 Å². The first-order valence-corrected chi connectivity index (χ1v) is 34.4. The number of allylic oxidation sites excluding steroid dienone is 18. The minimum atomic E-state index is -0.793. The van der Waals surface area contributed by atoms with Crippen LogP contribution in [0.3, 0.4) is 0 Å². The summed E-state index contributed by atoms with van der Waals surface area (Å²) in [6.07, 6.45) is 93.8. The topological polar surface area (TPSA) is 78.9 Å². The molecular formula is C75H128O6. The van der Waals surface area contributed by atoms with Crippen LogP contribution in [0.25, 0.3) is 0 Å². The van der Waals surface area contributed by atoms with Gasteiger partial charge in [-0.1, -0.05) is 291 Å². The van der Waals surface area contributed by atoms with E-state index in [9.17, 15) is 14.4 Å². The van der Waals surface area contributed by atoms with Crippen LogP contribution in [-0.2, 0) is 28.6 Å². The van der Waals surface area contributed by atoms with Crippen LogP contribution in [0.15, 0.2) is 109 Å². The summed E-state index contributed by atoms with van der Waals surface area (Å²) in [4.78, 5) is 38.4. The third-order valence-electron chi connectivity index (χ3n) is 14.7. The number of esters is 3. The highest BCUT2D eigenvalue weighted by Gasteiger charge is 2.19. The van der Waals surface area contributed by atoms with Gasteiger partial charge in [-0.15, -0.1) is 0 Å². The predicted octanol–water partition coefficient (Wildman–Crippen LogP) is 23.8. The third kappa shape index (κ3) is 66.8. The molecular weight excluding hydrogens is 997 g/mol.